The molecule has 1 fully saturated rings. The van der Waals surface area contributed by atoms with E-state index in [-0.39, 0.29) is 0 Å². The van der Waals surface area contributed by atoms with E-state index in [2.05, 4.69) is 22.5 Å². The van der Waals surface area contributed by atoms with Gasteiger partial charge in [-0.15, -0.1) is 11.3 Å². The lowest BCUT2D eigenvalue weighted by atomic mass is 10.1. The minimum absolute atomic E-state index is 0.399. The molecular formula is C16H17NOS. The minimum Gasteiger partial charge on any atom is -0.299 e. The molecule has 0 radical (unpaired) electrons. The molecule has 0 bridgehead atoms. The highest BCUT2D eigenvalue weighted by Crippen LogP contribution is 2.31. The molecule has 0 spiro atoms. The van der Waals surface area contributed by atoms with Gasteiger partial charge in [-0.05, 0) is 25.7 Å². The number of carbonyl (C=O) groups excluding carboxylic acids is 1. The number of carbonyl (C=O) groups is 1. The van der Waals surface area contributed by atoms with Crippen LogP contribution in [0.3, 0.4) is 0 Å². The molecule has 98 valence electrons. The van der Waals surface area contributed by atoms with Crippen LogP contribution in [-0.2, 0) is 11.2 Å². The van der Waals surface area contributed by atoms with Crippen molar-refractivity contribution in [1.82, 2.24) is 4.98 Å². The molecule has 0 unspecified atom stereocenters. The summed E-state index contributed by atoms with van der Waals surface area (Å²) in [6.45, 7) is 0. The molecule has 1 saturated carbocycles. The summed E-state index contributed by atoms with van der Waals surface area (Å²) in [5.41, 5.74) is 2.22. The van der Waals surface area contributed by atoms with Gasteiger partial charge in [-0.3, -0.25) is 4.79 Å². The van der Waals surface area contributed by atoms with Crippen molar-refractivity contribution in [3.63, 3.8) is 0 Å². The van der Waals surface area contributed by atoms with Gasteiger partial charge < -0.3 is 0 Å². The maximum atomic E-state index is 11.6. The lowest BCUT2D eigenvalue weighted by Gasteiger charge is -1.97. The third-order valence-electron chi connectivity index (χ3n) is 3.47. The number of aryl methyl sites for hydroxylation is 1. The number of benzene rings is 1. The topological polar surface area (TPSA) is 30.0 Å². The van der Waals surface area contributed by atoms with E-state index in [0.29, 0.717) is 11.7 Å². The van der Waals surface area contributed by atoms with Crippen molar-refractivity contribution in [2.45, 2.75) is 32.1 Å². The summed E-state index contributed by atoms with van der Waals surface area (Å²) in [6, 6.07) is 10.2. The zero-order chi connectivity index (χ0) is 13.1. The van der Waals surface area contributed by atoms with Crippen molar-refractivity contribution in [3.8, 4) is 11.3 Å². The zero-order valence-electron chi connectivity index (χ0n) is 10.8. The Morgan fingerprint density at radius 1 is 1.26 bits per heavy atom. The molecule has 1 aliphatic carbocycles. The van der Waals surface area contributed by atoms with E-state index in [1.807, 2.05) is 18.2 Å². The first-order valence-electron chi connectivity index (χ1n) is 6.85. The number of hydrogen-bond donors (Lipinski definition) is 0. The molecule has 1 aromatic carbocycles. The van der Waals surface area contributed by atoms with Crippen molar-refractivity contribution in [3.05, 3.63) is 40.7 Å². The molecule has 1 aromatic heterocycles. The number of ketones is 1. The molecule has 0 N–H and O–H groups in total. The van der Waals surface area contributed by atoms with Gasteiger partial charge >= 0.3 is 0 Å². The van der Waals surface area contributed by atoms with Crippen molar-refractivity contribution in [2.24, 2.45) is 5.92 Å². The highest BCUT2D eigenvalue weighted by Gasteiger charge is 2.28. The molecule has 19 heavy (non-hydrogen) atoms. The fourth-order valence-corrected chi connectivity index (χ4v) is 3.04. The van der Waals surface area contributed by atoms with E-state index in [4.69, 9.17) is 0 Å². The molecular weight excluding hydrogens is 254 g/mol. The van der Waals surface area contributed by atoms with Crippen LogP contribution < -0.4 is 0 Å². The van der Waals surface area contributed by atoms with Gasteiger partial charge in [0, 0.05) is 23.3 Å². The van der Waals surface area contributed by atoms with Gasteiger partial charge in [-0.2, -0.15) is 0 Å². The van der Waals surface area contributed by atoms with Crippen LogP contribution in [-0.4, -0.2) is 10.8 Å². The monoisotopic (exact) mass is 271 g/mol. The van der Waals surface area contributed by atoms with Crippen LogP contribution in [0.1, 0.15) is 30.7 Å². The lowest BCUT2D eigenvalue weighted by molar-refractivity contribution is -0.120. The van der Waals surface area contributed by atoms with Gasteiger partial charge in [-0.25, -0.2) is 4.98 Å². The first-order chi connectivity index (χ1) is 9.33. The van der Waals surface area contributed by atoms with E-state index in [0.717, 1.165) is 42.8 Å². The maximum absolute atomic E-state index is 11.6. The molecule has 0 amide bonds. The second-order valence-corrected chi connectivity index (χ2v) is 6.03. The van der Waals surface area contributed by atoms with Gasteiger partial charge in [0.05, 0.1) is 10.7 Å². The lowest BCUT2D eigenvalue weighted by Crippen LogP contribution is -2.00. The standard InChI is InChI=1S/C16H17NOS/c18-15(13-9-10-13)7-4-8-16-17-14(11-19-16)12-5-2-1-3-6-12/h1-3,5-6,11,13H,4,7-10H2. The second kappa shape index (κ2) is 5.66. The molecule has 3 heteroatoms. The average Bonchev–Trinajstić information content (AvgIpc) is 3.20. The number of aromatic nitrogens is 1. The molecule has 2 aromatic rings. The smallest absolute Gasteiger partial charge is 0.135 e. The quantitative estimate of drug-likeness (QED) is 0.791. The fourth-order valence-electron chi connectivity index (χ4n) is 2.19. The van der Waals surface area contributed by atoms with Gasteiger partial charge in [0.15, 0.2) is 0 Å². The third kappa shape index (κ3) is 3.29. The van der Waals surface area contributed by atoms with Crippen molar-refractivity contribution in [2.75, 3.05) is 0 Å². The molecule has 3 rings (SSSR count). The van der Waals surface area contributed by atoms with Crippen LogP contribution in [0.2, 0.25) is 0 Å². The number of hydrogen-bond acceptors (Lipinski definition) is 3. The highest BCUT2D eigenvalue weighted by atomic mass is 32.1. The summed E-state index contributed by atoms with van der Waals surface area (Å²) in [4.78, 5) is 16.3. The number of Topliss-reactive ketones (excluding diaryl/α,β-unsaturated/α-hetero) is 1. The van der Waals surface area contributed by atoms with E-state index in [1.165, 1.54) is 5.56 Å². The summed E-state index contributed by atoms with van der Waals surface area (Å²) in [6.07, 6.45) is 4.83. The Morgan fingerprint density at radius 3 is 2.79 bits per heavy atom. The fraction of sp³-hybridized carbons (Fsp3) is 0.375. The van der Waals surface area contributed by atoms with Gasteiger partial charge in [0.25, 0.3) is 0 Å². The Balaban J connectivity index is 1.54. The SMILES string of the molecule is O=C(CCCc1nc(-c2ccccc2)cs1)C1CC1. The third-order valence-corrected chi connectivity index (χ3v) is 4.38. The number of thiazole rings is 1. The summed E-state index contributed by atoms with van der Waals surface area (Å²) >= 11 is 1.70. The van der Waals surface area contributed by atoms with Crippen LogP contribution in [0.4, 0.5) is 0 Å². The maximum Gasteiger partial charge on any atom is 0.135 e. The Kier molecular flexibility index (Phi) is 3.74. The van der Waals surface area contributed by atoms with Gasteiger partial charge in [0.1, 0.15) is 5.78 Å². The average molecular weight is 271 g/mol. The predicted molar refractivity (Wildman–Crippen MR) is 78.2 cm³/mol. The van der Waals surface area contributed by atoms with E-state index in [9.17, 15) is 4.79 Å². The Labute approximate surface area is 117 Å². The highest BCUT2D eigenvalue weighted by molar-refractivity contribution is 7.09. The normalized spacial score (nSPS) is 14.5. The number of rotatable bonds is 6. The Hall–Kier alpha value is -1.48. The predicted octanol–water partition coefficient (Wildman–Crippen LogP) is 4.11. The van der Waals surface area contributed by atoms with Crippen LogP contribution >= 0.6 is 11.3 Å². The minimum atomic E-state index is 0.399. The summed E-state index contributed by atoms with van der Waals surface area (Å²) in [7, 11) is 0. The van der Waals surface area contributed by atoms with Gasteiger partial charge in [0.2, 0.25) is 0 Å². The molecule has 0 saturated heterocycles. The van der Waals surface area contributed by atoms with Crippen LogP contribution in [0.25, 0.3) is 11.3 Å². The van der Waals surface area contributed by atoms with Crippen molar-refractivity contribution in [1.29, 1.82) is 0 Å². The van der Waals surface area contributed by atoms with Crippen molar-refractivity contribution < 1.29 is 4.79 Å². The van der Waals surface area contributed by atoms with Crippen LogP contribution in [0.5, 0.6) is 0 Å². The molecule has 0 aliphatic heterocycles. The second-order valence-electron chi connectivity index (χ2n) is 5.09. The first-order valence-corrected chi connectivity index (χ1v) is 7.73. The molecule has 0 atom stereocenters. The first kappa shape index (κ1) is 12.5. The van der Waals surface area contributed by atoms with Crippen LogP contribution in [0, 0.1) is 5.92 Å². The Morgan fingerprint density at radius 2 is 2.05 bits per heavy atom. The molecule has 2 nitrogen and oxygen atoms in total. The molecule has 1 aliphatic rings. The molecule has 1 heterocycles. The summed E-state index contributed by atoms with van der Waals surface area (Å²) in [5, 5.41) is 3.25. The zero-order valence-corrected chi connectivity index (χ0v) is 11.7. The van der Waals surface area contributed by atoms with E-state index in [1.54, 1.807) is 11.3 Å². The largest absolute Gasteiger partial charge is 0.299 e. The Bertz CT molecular complexity index is 557. The van der Waals surface area contributed by atoms with E-state index < -0.39 is 0 Å². The summed E-state index contributed by atoms with van der Waals surface area (Å²) in [5.74, 6) is 0.857. The number of nitrogens with zero attached hydrogens (tertiary/aromatic N) is 1. The summed E-state index contributed by atoms with van der Waals surface area (Å²) < 4.78 is 0. The van der Waals surface area contributed by atoms with Crippen molar-refractivity contribution >= 4 is 17.1 Å². The van der Waals surface area contributed by atoms with Gasteiger partial charge in [-0.1, -0.05) is 30.3 Å². The van der Waals surface area contributed by atoms with E-state index >= 15 is 0 Å². The van der Waals surface area contributed by atoms with Crippen LogP contribution in [0.15, 0.2) is 35.7 Å².